The quantitative estimate of drug-likeness (QED) is 0.872. The van der Waals surface area contributed by atoms with E-state index in [2.05, 4.69) is 22.2 Å². The maximum atomic E-state index is 12.7. The van der Waals surface area contributed by atoms with E-state index in [0.29, 0.717) is 22.4 Å². The highest BCUT2D eigenvalue weighted by Crippen LogP contribution is 2.28. The van der Waals surface area contributed by atoms with Crippen LogP contribution in [0.3, 0.4) is 0 Å². The molecule has 2 saturated heterocycles. The maximum Gasteiger partial charge on any atom is 0.321 e. The van der Waals surface area contributed by atoms with Gasteiger partial charge in [0.1, 0.15) is 5.75 Å². The van der Waals surface area contributed by atoms with Gasteiger partial charge in [-0.2, -0.15) is 0 Å². The Morgan fingerprint density at radius 3 is 2.77 bits per heavy atom. The van der Waals surface area contributed by atoms with E-state index >= 15 is 0 Å². The van der Waals surface area contributed by atoms with Crippen molar-refractivity contribution in [1.29, 1.82) is 0 Å². The van der Waals surface area contributed by atoms with Crippen LogP contribution in [0.25, 0.3) is 0 Å². The molecule has 2 aliphatic rings. The average molecular weight is 381 g/mol. The molecule has 2 fully saturated rings. The van der Waals surface area contributed by atoms with Gasteiger partial charge in [-0.1, -0.05) is 11.6 Å². The molecule has 0 radical (unpaired) electrons. The maximum absolute atomic E-state index is 12.7. The van der Waals surface area contributed by atoms with Crippen LogP contribution in [0.4, 0.5) is 10.5 Å². The Balaban J connectivity index is 1.55. The number of hydrogen-bond donors (Lipinski definition) is 1. The van der Waals surface area contributed by atoms with Crippen molar-refractivity contribution in [3.8, 4) is 5.75 Å². The second-order valence-corrected chi connectivity index (χ2v) is 7.77. The van der Waals surface area contributed by atoms with Gasteiger partial charge in [0.25, 0.3) is 0 Å². The third-order valence-corrected chi connectivity index (χ3v) is 5.56. The fraction of sp³-hybridized carbons (Fsp3) is 0.632. The average Bonchev–Trinajstić information content (AvgIpc) is 2.64. The SMILES string of the molecule is COc1ccc(Cl)cc1NC(=O)N1CCC[C@H](CN2CCN(C)CC2)C1. The predicted molar refractivity (Wildman–Crippen MR) is 105 cm³/mol. The first kappa shape index (κ1) is 19.3. The van der Waals surface area contributed by atoms with Crippen molar-refractivity contribution in [2.45, 2.75) is 12.8 Å². The van der Waals surface area contributed by atoms with Crippen molar-refractivity contribution in [1.82, 2.24) is 14.7 Å². The van der Waals surface area contributed by atoms with Gasteiger partial charge in [0.2, 0.25) is 0 Å². The van der Waals surface area contributed by atoms with Crippen LogP contribution >= 0.6 is 11.6 Å². The molecule has 1 aromatic carbocycles. The number of nitrogens with zero attached hydrogens (tertiary/aromatic N) is 3. The third-order valence-electron chi connectivity index (χ3n) is 5.32. The van der Waals surface area contributed by atoms with Crippen LogP contribution in [0.15, 0.2) is 18.2 Å². The summed E-state index contributed by atoms with van der Waals surface area (Å²) in [6, 6.07) is 5.17. The molecule has 7 heteroatoms. The van der Waals surface area contributed by atoms with Crippen LogP contribution in [0, 0.1) is 5.92 Å². The molecule has 2 heterocycles. The number of methoxy groups -OCH3 is 1. The van der Waals surface area contributed by atoms with Crippen molar-refractivity contribution in [2.24, 2.45) is 5.92 Å². The number of carbonyl (C=O) groups is 1. The minimum Gasteiger partial charge on any atom is -0.495 e. The molecule has 0 unspecified atom stereocenters. The van der Waals surface area contributed by atoms with E-state index in [1.54, 1.807) is 25.3 Å². The fourth-order valence-electron chi connectivity index (χ4n) is 3.77. The van der Waals surface area contributed by atoms with Gasteiger partial charge < -0.3 is 24.8 Å². The summed E-state index contributed by atoms with van der Waals surface area (Å²) in [5, 5.41) is 3.54. The molecule has 0 bridgehead atoms. The van der Waals surface area contributed by atoms with Crippen LogP contribution in [-0.2, 0) is 0 Å². The van der Waals surface area contributed by atoms with Gasteiger partial charge in [0.15, 0.2) is 0 Å². The molecule has 0 aromatic heterocycles. The first-order valence-corrected chi connectivity index (χ1v) is 9.73. The van der Waals surface area contributed by atoms with Gasteiger partial charge >= 0.3 is 6.03 Å². The Hall–Kier alpha value is -1.50. The first-order valence-electron chi connectivity index (χ1n) is 9.35. The highest BCUT2D eigenvalue weighted by Gasteiger charge is 2.26. The van der Waals surface area contributed by atoms with E-state index < -0.39 is 0 Å². The number of likely N-dealkylation sites (tertiary alicyclic amines) is 1. The fourth-order valence-corrected chi connectivity index (χ4v) is 3.94. The second-order valence-electron chi connectivity index (χ2n) is 7.33. The number of piperazine rings is 1. The highest BCUT2D eigenvalue weighted by atomic mass is 35.5. The number of rotatable bonds is 4. The van der Waals surface area contributed by atoms with E-state index in [1.807, 2.05) is 4.90 Å². The smallest absolute Gasteiger partial charge is 0.321 e. The van der Waals surface area contributed by atoms with Crippen LogP contribution in [0.5, 0.6) is 5.75 Å². The Labute approximate surface area is 161 Å². The predicted octanol–water partition coefficient (Wildman–Crippen LogP) is 2.84. The van der Waals surface area contributed by atoms with Crippen LogP contribution in [-0.4, -0.2) is 80.7 Å². The summed E-state index contributed by atoms with van der Waals surface area (Å²) in [6.45, 7) is 7.20. The number of piperidine rings is 1. The summed E-state index contributed by atoms with van der Waals surface area (Å²) in [6.07, 6.45) is 2.25. The molecule has 3 rings (SSSR count). The van der Waals surface area contributed by atoms with Gasteiger partial charge in [-0.3, -0.25) is 0 Å². The molecule has 0 aliphatic carbocycles. The lowest BCUT2D eigenvalue weighted by atomic mass is 9.97. The van der Waals surface area contributed by atoms with E-state index in [1.165, 1.54) is 6.42 Å². The minimum atomic E-state index is -0.0753. The van der Waals surface area contributed by atoms with Crippen molar-refractivity contribution < 1.29 is 9.53 Å². The zero-order valence-electron chi connectivity index (χ0n) is 15.7. The monoisotopic (exact) mass is 380 g/mol. The molecule has 1 N–H and O–H groups in total. The number of ether oxygens (including phenoxy) is 1. The molecule has 0 saturated carbocycles. The number of halogens is 1. The number of likely N-dealkylation sites (N-methyl/N-ethyl adjacent to an activating group) is 1. The number of benzene rings is 1. The summed E-state index contributed by atoms with van der Waals surface area (Å²) in [4.78, 5) is 19.5. The molecule has 26 heavy (non-hydrogen) atoms. The Morgan fingerprint density at radius 1 is 1.27 bits per heavy atom. The standard InChI is InChI=1S/C19H29ClN4O2/c1-22-8-10-23(11-9-22)13-15-4-3-7-24(14-15)19(25)21-17-12-16(20)5-6-18(17)26-2/h5-6,12,15H,3-4,7-11,13-14H2,1-2H3,(H,21,25)/t15-/m1/s1. The molecule has 144 valence electrons. The number of nitrogens with one attached hydrogen (secondary N) is 1. The summed E-state index contributed by atoms with van der Waals surface area (Å²) in [7, 11) is 3.76. The topological polar surface area (TPSA) is 48.1 Å². The van der Waals surface area contributed by atoms with Crippen LogP contribution in [0.1, 0.15) is 12.8 Å². The zero-order valence-corrected chi connectivity index (χ0v) is 16.5. The molecule has 0 spiro atoms. The summed E-state index contributed by atoms with van der Waals surface area (Å²) >= 11 is 6.06. The van der Waals surface area contributed by atoms with Crippen molar-refractivity contribution in [2.75, 3.05) is 65.3 Å². The lowest BCUT2D eigenvalue weighted by molar-refractivity contribution is 0.109. The molecular formula is C19H29ClN4O2. The van der Waals surface area contributed by atoms with E-state index in [4.69, 9.17) is 16.3 Å². The van der Waals surface area contributed by atoms with Crippen molar-refractivity contribution in [3.05, 3.63) is 23.2 Å². The second kappa shape index (κ2) is 8.93. The summed E-state index contributed by atoms with van der Waals surface area (Å²) in [5.74, 6) is 1.16. The van der Waals surface area contributed by atoms with E-state index in [-0.39, 0.29) is 6.03 Å². The molecule has 2 amide bonds. The molecular weight excluding hydrogens is 352 g/mol. The van der Waals surface area contributed by atoms with Gasteiger partial charge in [-0.15, -0.1) is 0 Å². The van der Waals surface area contributed by atoms with Crippen molar-refractivity contribution >= 4 is 23.3 Å². The zero-order chi connectivity index (χ0) is 18.5. The molecule has 2 aliphatic heterocycles. The Kier molecular flexibility index (Phi) is 6.62. The normalized spacial score (nSPS) is 22.3. The Morgan fingerprint density at radius 2 is 2.04 bits per heavy atom. The number of anilines is 1. The van der Waals surface area contributed by atoms with Gasteiger partial charge in [-0.05, 0) is 44.0 Å². The van der Waals surface area contributed by atoms with Crippen LogP contribution in [0.2, 0.25) is 5.02 Å². The number of carbonyl (C=O) groups excluding carboxylic acids is 1. The number of amides is 2. The number of hydrogen-bond acceptors (Lipinski definition) is 4. The Bertz CT molecular complexity index is 620. The third kappa shape index (κ3) is 5.02. The van der Waals surface area contributed by atoms with E-state index in [9.17, 15) is 4.79 Å². The lowest BCUT2D eigenvalue weighted by Crippen LogP contribution is -2.49. The highest BCUT2D eigenvalue weighted by molar-refractivity contribution is 6.31. The van der Waals surface area contributed by atoms with Gasteiger partial charge in [0.05, 0.1) is 12.8 Å². The lowest BCUT2D eigenvalue weighted by Gasteiger charge is -2.38. The van der Waals surface area contributed by atoms with Crippen molar-refractivity contribution in [3.63, 3.8) is 0 Å². The summed E-state index contributed by atoms with van der Waals surface area (Å²) < 4.78 is 5.32. The van der Waals surface area contributed by atoms with E-state index in [0.717, 1.165) is 52.2 Å². The van der Waals surface area contributed by atoms with Gasteiger partial charge in [-0.25, -0.2) is 4.79 Å². The summed E-state index contributed by atoms with van der Waals surface area (Å²) in [5.41, 5.74) is 0.617. The van der Waals surface area contributed by atoms with Gasteiger partial charge in [0, 0.05) is 50.8 Å². The molecule has 1 aromatic rings. The molecule has 1 atom stereocenters. The first-order chi connectivity index (χ1) is 12.5. The molecule has 6 nitrogen and oxygen atoms in total. The number of urea groups is 1. The largest absolute Gasteiger partial charge is 0.495 e. The minimum absolute atomic E-state index is 0.0753. The van der Waals surface area contributed by atoms with Crippen LogP contribution < -0.4 is 10.1 Å².